The lowest BCUT2D eigenvalue weighted by atomic mass is 10.2. The molecule has 0 aliphatic heterocycles. The molecule has 0 radical (unpaired) electrons. The van der Waals surface area contributed by atoms with E-state index in [-0.39, 0.29) is 11.6 Å². The normalized spacial score (nSPS) is 10.7. The van der Waals surface area contributed by atoms with E-state index in [2.05, 4.69) is 5.32 Å². The molecular weight excluding hydrogens is 312 g/mol. The molecule has 5 nitrogen and oxygen atoms in total. The highest BCUT2D eigenvalue weighted by atomic mass is 32.2. The number of rotatable bonds is 6. The number of carbonyl (C=O) groups is 1. The van der Waals surface area contributed by atoms with Gasteiger partial charge < -0.3 is 5.32 Å². The molecule has 0 aromatic heterocycles. The first-order chi connectivity index (χ1) is 11.1. The van der Waals surface area contributed by atoms with Gasteiger partial charge >= 0.3 is 0 Å². The van der Waals surface area contributed by atoms with Crippen LogP contribution in [0.3, 0.4) is 0 Å². The quantitative estimate of drug-likeness (QED) is 0.380. The molecule has 0 atom stereocenters. The van der Waals surface area contributed by atoms with Crippen molar-refractivity contribution >= 4 is 29.4 Å². The van der Waals surface area contributed by atoms with Crippen molar-refractivity contribution in [3.8, 4) is 0 Å². The molecule has 0 fully saturated rings. The van der Waals surface area contributed by atoms with Gasteiger partial charge in [0.25, 0.3) is 5.69 Å². The Bertz CT molecular complexity index is 710. The van der Waals surface area contributed by atoms with E-state index in [0.29, 0.717) is 6.54 Å². The minimum absolute atomic E-state index is 0.0358. The van der Waals surface area contributed by atoms with Gasteiger partial charge in [0.1, 0.15) is 0 Å². The number of carbonyl (C=O) groups excluding carboxylic acids is 1. The van der Waals surface area contributed by atoms with Crippen LogP contribution in [0.5, 0.6) is 0 Å². The first-order valence-electron chi connectivity index (χ1n) is 6.92. The summed E-state index contributed by atoms with van der Waals surface area (Å²) >= 11 is 1.66. The molecule has 118 valence electrons. The van der Waals surface area contributed by atoms with Crippen LogP contribution in [-0.2, 0) is 11.3 Å². The zero-order valence-electron chi connectivity index (χ0n) is 12.6. The lowest BCUT2D eigenvalue weighted by molar-refractivity contribution is -0.384. The van der Waals surface area contributed by atoms with E-state index < -0.39 is 4.92 Å². The second-order valence-electron chi connectivity index (χ2n) is 4.75. The molecule has 1 N–H and O–H groups in total. The third kappa shape index (κ3) is 5.27. The Kier molecular flexibility index (Phi) is 5.94. The number of thioether (sulfide) groups is 1. The van der Waals surface area contributed by atoms with Crippen molar-refractivity contribution < 1.29 is 9.72 Å². The van der Waals surface area contributed by atoms with Gasteiger partial charge in [-0.25, -0.2) is 0 Å². The summed E-state index contributed by atoms with van der Waals surface area (Å²) in [7, 11) is 0. The Balaban J connectivity index is 1.86. The molecule has 0 heterocycles. The molecule has 2 rings (SSSR count). The molecule has 0 saturated carbocycles. The van der Waals surface area contributed by atoms with Gasteiger partial charge in [-0.05, 0) is 35.6 Å². The van der Waals surface area contributed by atoms with Crippen molar-refractivity contribution in [3.63, 3.8) is 0 Å². The average Bonchev–Trinajstić information content (AvgIpc) is 2.59. The topological polar surface area (TPSA) is 72.2 Å². The molecule has 0 spiro atoms. The summed E-state index contributed by atoms with van der Waals surface area (Å²) in [5.74, 6) is -0.211. The maximum absolute atomic E-state index is 11.8. The van der Waals surface area contributed by atoms with Gasteiger partial charge in [-0.15, -0.1) is 11.8 Å². The predicted molar refractivity (Wildman–Crippen MR) is 92.2 cm³/mol. The summed E-state index contributed by atoms with van der Waals surface area (Å²) in [6, 6.07) is 14.0. The molecule has 0 bridgehead atoms. The number of nitrogens with one attached hydrogen (secondary N) is 1. The molecule has 2 aromatic carbocycles. The third-order valence-corrected chi connectivity index (χ3v) is 3.90. The van der Waals surface area contributed by atoms with E-state index in [1.165, 1.54) is 23.1 Å². The molecule has 0 aliphatic carbocycles. The molecule has 6 heteroatoms. The predicted octanol–water partition coefficient (Wildman–Crippen LogP) is 3.65. The third-order valence-electron chi connectivity index (χ3n) is 3.16. The molecule has 2 aromatic rings. The lowest BCUT2D eigenvalue weighted by Crippen LogP contribution is -2.20. The lowest BCUT2D eigenvalue weighted by Gasteiger charge is -2.02. The maximum Gasteiger partial charge on any atom is 0.269 e. The number of hydrogen-bond acceptors (Lipinski definition) is 4. The van der Waals surface area contributed by atoms with Gasteiger partial charge in [0, 0.05) is 29.6 Å². The van der Waals surface area contributed by atoms with Gasteiger partial charge in [0.2, 0.25) is 5.91 Å². The highest BCUT2D eigenvalue weighted by Gasteiger charge is 2.04. The molecule has 0 unspecified atom stereocenters. The standard InChI is InChI=1S/C17H16N2O3S/c1-23-16-9-4-13(5-10-16)6-11-17(20)18-12-14-2-7-15(8-3-14)19(21)22/h2-11H,12H2,1H3,(H,18,20)/b11-6+. The Labute approximate surface area is 138 Å². The Hall–Kier alpha value is -2.60. The zero-order valence-corrected chi connectivity index (χ0v) is 13.4. The fourth-order valence-electron chi connectivity index (χ4n) is 1.87. The first kappa shape index (κ1) is 16.8. The molecule has 23 heavy (non-hydrogen) atoms. The maximum atomic E-state index is 11.8. The number of amides is 1. The summed E-state index contributed by atoms with van der Waals surface area (Å²) in [6.45, 7) is 0.326. The second-order valence-corrected chi connectivity index (χ2v) is 5.63. The van der Waals surface area contributed by atoms with Gasteiger partial charge in [-0.2, -0.15) is 0 Å². The van der Waals surface area contributed by atoms with E-state index in [1.807, 2.05) is 30.5 Å². The van der Waals surface area contributed by atoms with Crippen LogP contribution in [0, 0.1) is 10.1 Å². The first-order valence-corrected chi connectivity index (χ1v) is 8.14. The summed E-state index contributed by atoms with van der Waals surface area (Å²) in [4.78, 5) is 23.1. The van der Waals surface area contributed by atoms with Crippen LogP contribution in [0.25, 0.3) is 6.08 Å². The van der Waals surface area contributed by atoms with E-state index in [1.54, 1.807) is 30.0 Å². The molecular formula is C17H16N2O3S. The smallest absolute Gasteiger partial charge is 0.269 e. The Morgan fingerprint density at radius 3 is 2.39 bits per heavy atom. The number of benzene rings is 2. The highest BCUT2D eigenvalue weighted by Crippen LogP contribution is 2.15. The van der Waals surface area contributed by atoms with Gasteiger partial charge in [0.15, 0.2) is 0 Å². The fourth-order valence-corrected chi connectivity index (χ4v) is 2.28. The van der Waals surface area contributed by atoms with Crippen LogP contribution < -0.4 is 5.32 Å². The summed E-state index contributed by atoms with van der Waals surface area (Å²) < 4.78 is 0. The van der Waals surface area contributed by atoms with Gasteiger partial charge in [-0.3, -0.25) is 14.9 Å². The summed E-state index contributed by atoms with van der Waals surface area (Å²) in [5.41, 5.74) is 1.80. The van der Waals surface area contributed by atoms with E-state index in [0.717, 1.165) is 11.1 Å². The van der Waals surface area contributed by atoms with Gasteiger partial charge in [-0.1, -0.05) is 24.3 Å². The number of nitro groups is 1. The van der Waals surface area contributed by atoms with Crippen LogP contribution >= 0.6 is 11.8 Å². The monoisotopic (exact) mass is 328 g/mol. The number of non-ortho nitro benzene ring substituents is 1. The Morgan fingerprint density at radius 1 is 1.17 bits per heavy atom. The van der Waals surface area contributed by atoms with E-state index in [4.69, 9.17) is 0 Å². The molecule has 0 aliphatic rings. The summed E-state index contributed by atoms with van der Waals surface area (Å²) in [6.07, 6.45) is 5.23. The average molecular weight is 328 g/mol. The largest absolute Gasteiger partial charge is 0.348 e. The van der Waals surface area contributed by atoms with Crippen LogP contribution in [0.4, 0.5) is 5.69 Å². The molecule has 0 saturated heterocycles. The summed E-state index contributed by atoms with van der Waals surface area (Å²) in [5, 5.41) is 13.3. The van der Waals surface area contributed by atoms with Crippen molar-refractivity contribution in [3.05, 3.63) is 75.8 Å². The van der Waals surface area contributed by atoms with Crippen molar-refractivity contribution in [1.29, 1.82) is 0 Å². The van der Waals surface area contributed by atoms with Crippen LogP contribution in [0.2, 0.25) is 0 Å². The van der Waals surface area contributed by atoms with Crippen molar-refractivity contribution in [2.75, 3.05) is 6.26 Å². The van der Waals surface area contributed by atoms with E-state index in [9.17, 15) is 14.9 Å². The van der Waals surface area contributed by atoms with Crippen LogP contribution in [0.1, 0.15) is 11.1 Å². The SMILES string of the molecule is CSc1ccc(/C=C/C(=O)NCc2ccc([N+](=O)[O-])cc2)cc1. The second kappa shape index (κ2) is 8.14. The zero-order chi connectivity index (χ0) is 16.7. The van der Waals surface area contributed by atoms with Crippen molar-refractivity contribution in [2.45, 2.75) is 11.4 Å². The van der Waals surface area contributed by atoms with E-state index >= 15 is 0 Å². The van der Waals surface area contributed by atoms with Crippen LogP contribution in [-0.4, -0.2) is 17.1 Å². The Morgan fingerprint density at radius 2 is 1.83 bits per heavy atom. The molecule has 1 amide bonds. The minimum Gasteiger partial charge on any atom is -0.348 e. The number of hydrogen-bond donors (Lipinski definition) is 1. The van der Waals surface area contributed by atoms with Crippen molar-refractivity contribution in [1.82, 2.24) is 5.32 Å². The fraction of sp³-hybridized carbons (Fsp3) is 0.118. The van der Waals surface area contributed by atoms with Crippen LogP contribution in [0.15, 0.2) is 59.5 Å². The number of nitro benzene ring substituents is 1. The minimum atomic E-state index is -0.451. The van der Waals surface area contributed by atoms with Crippen molar-refractivity contribution in [2.24, 2.45) is 0 Å². The van der Waals surface area contributed by atoms with Gasteiger partial charge in [0.05, 0.1) is 4.92 Å². The highest BCUT2D eigenvalue weighted by molar-refractivity contribution is 7.98. The number of nitrogens with zero attached hydrogens (tertiary/aromatic N) is 1.